The summed E-state index contributed by atoms with van der Waals surface area (Å²) in [7, 11) is 0. The third-order valence-electron chi connectivity index (χ3n) is 3.84. The highest BCUT2D eigenvalue weighted by Crippen LogP contribution is 2.47. The van der Waals surface area contributed by atoms with E-state index in [1.165, 1.54) is 0 Å². The molecule has 7 heteroatoms. The lowest BCUT2D eigenvalue weighted by Gasteiger charge is -2.09. The normalized spacial score (nSPS) is 20.1. The van der Waals surface area contributed by atoms with Crippen LogP contribution in [0.15, 0.2) is 47.4 Å². The Labute approximate surface area is 129 Å². The van der Waals surface area contributed by atoms with E-state index >= 15 is 0 Å². The van der Waals surface area contributed by atoms with Gasteiger partial charge in [0, 0.05) is 12.1 Å². The largest absolute Gasteiger partial charge is 0.417 e. The summed E-state index contributed by atoms with van der Waals surface area (Å²) in [4.78, 5) is 25.7. The molecule has 1 aromatic carbocycles. The summed E-state index contributed by atoms with van der Waals surface area (Å²) in [6.45, 7) is 0. The Bertz CT molecular complexity index is 784. The molecule has 1 aromatic heterocycles. The standard InChI is InChI=1S/C16H13F3N2O2/c17-16(18,19)10-6-13(15(23)20-8-10)21-14(22)12-7-11(12)9-4-2-1-3-5-9/h1-6,8,11-12H,7H2,(H,20,23)(H,21,22)/t11-,12+/m1/s1. The summed E-state index contributed by atoms with van der Waals surface area (Å²) < 4.78 is 38.0. The minimum absolute atomic E-state index is 0.0427. The number of benzene rings is 1. The second kappa shape index (κ2) is 5.57. The molecule has 1 fully saturated rings. The minimum Gasteiger partial charge on any atom is -0.327 e. The third-order valence-corrected chi connectivity index (χ3v) is 3.84. The summed E-state index contributed by atoms with van der Waals surface area (Å²) in [5, 5.41) is 2.30. The molecule has 1 amide bonds. The van der Waals surface area contributed by atoms with Crippen molar-refractivity contribution in [3.63, 3.8) is 0 Å². The second-order valence-corrected chi connectivity index (χ2v) is 5.48. The lowest BCUT2D eigenvalue weighted by atomic mass is 10.1. The molecule has 1 aliphatic rings. The van der Waals surface area contributed by atoms with Gasteiger partial charge in [0.1, 0.15) is 5.69 Å². The van der Waals surface area contributed by atoms with E-state index in [9.17, 15) is 22.8 Å². The Morgan fingerprint density at radius 3 is 2.57 bits per heavy atom. The van der Waals surface area contributed by atoms with Crippen molar-refractivity contribution in [2.24, 2.45) is 5.92 Å². The van der Waals surface area contributed by atoms with Gasteiger partial charge in [-0.15, -0.1) is 0 Å². The Morgan fingerprint density at radius 1 is 1.22 bits per heavy atom. The van der Waals surface area contributed by atoms with E-state index in [0.717, 1.165) is 5.56 Å². The quantitative estimate of drug-likeness (QED) is 0.912. The first-order chi connectivity index (χ1) is 10.9. The van der Waals surface area contributed by atoms with Crippen LogP contribution in [0.5, 0.6) is 0 Å². The summed E-state index contributed by atoms with van der Waals surface area (Å²) in [6.07, 6.45) is -3.38. The Morgan fingerprint density at radius 2 is 1.91 bits per heavy atom. The highest BCUT2D eigenvalue weighted by molar-refractivity contribution is 5.95. The van der Waals surface area contributed by atoms with Crippen molar-refractivity contribution in [3.05, 3.63) is 64.1 Å². The predicted molar refractivity (Wildman–Crippen MR) is 78.0 cm³/mol. The van der Waals surface area contributed by atoms with Crippen LogP contribution in [0.4, 0.5) is 18.9 Å². The number of carbonyl (C=O) groups is 1. The van der Waals surface area contributed by atoms with Gasteiger partial charge in [-0.1, -0.05) is 30.3 Å². The van der Waals surface area contributed by atoms with E-state index in [-0.39, 0.29) is 17.5 Å². The zero-order chi connectivity index (χ0) is 16.6. The Balaban J connectivity index is 1.73. The molecule has 4 nitrogen and oxygen atoms in total. The van der Waals surface area contributed by atoms with Crippen LogP contribution >= 0.6 is 0 Å². The van der Waals surface area contributed by atoms with Gasteiger partial charge in [0.2, 0.25) is 5.91 Å². The first kappa shape index (κ1) is 15.3. The van der Waals surface area contributed by atoms with Crippen LogP contribution < -0.4 is 10.9 Å². The molecule has 1 saturated carbocycles. The number of alkyl halides is 3. The van der Waals surface area contributed by atoms with Crippen molar-refractivity contribution >= 4 is 11.6 Å². The molecule has 0 bridgehead atoms. The molecular weight excluding hydrogens is 309 g/mol. The molecular formula is C16H13F3N2O2. The molecule has 0 aliphatic heterocycles. The number of halogens is 3. The predicted octanol–water partition coefficient (Wildman–Crippen LogP) is 3.14. The number of carbonyl (C=O) groups excluding carboxylic acids is 1. The van der Waals surface area contributed by atoms with Crippen molar-refractivity contribution < 1.29 is 18.0 Å². The number of H-pyrrole nitrogens is 1. The molecule has 0 radical (unpaired) electrons. The van der Waals surface area contributed by atoms with Gasteiger partial charge in [0.05, 0.1) is 5.56 Å². The molecule has 120 valence electrons. The van der Waals surface area contributed by atoms with Crippen LogP contribution in [0.25, 0.3) is 0 Å². The van der Waals surface area contributed by atoms with Crippen LogP contribution in [-0.4, -0.2) is 10.9 Å². The van der Waals surface area contributed by atoms with Crippen molar-refractivity contribution in [1.82, 2.24) is 4.98 Å². The maximum Gasteiger partial charge on any atom is 0.417 e. The maximum atomic E-state index is 12.7. The van der Waals surface area contributed by atoms with Crippen molar-refractivity contribution in [3.8, 4) is 0 Å². The average Bonchev–Trinajstić information content (AvgIpc) is 3.30. The Hall–Kier alpha value is -2.57. The summed E-state index contributed by atoms with van der Waals surface area (Å²) in [5.74, 6) is -0.726. The van der Waals surface area contributed by atoms with Gasteiger partial charge >= 0.3 is 6.18 Å². The lowest BCUT2D eigenvalue weighted by molar-refractivity contribution is -0.137. The van der Waals surface area contributed by atoms with Gasteiger partial charge in [-0.05, 0) is 24.0 Å². The van der Waals surface area contributed by atoms with Crippen molar-refractivity contribution in [2.45, 2.75) is 18.5 Å². The van der Waals surface area contributed by atoms with Crippen LogP contribution in [0.2, 0.25) is 0 Å². The van der Waals surface area contributed by atoms with Gasteiger partial charge in [-0.25, -0.2) is 0 Å². The number of amides is 1. The molecule has 0 spiro atoms. The first-order valence-electron chi connectivity index (χ1n) is 7.02. The van der Waals surface area contributed by atoms with Gasteiger partial charge in [-0.3, -0.25) is 9.59 Å². The lowest BCUT2D eigenvalue weighted by Crippen LogP contribution is -2.22. The van der Waals surface area contributed by atoms with Crippen LogP contribution in [-0.2, 0) is 11.0 Å². The van der Waals surface area contributed by atoms with E-state index in [1.54, 1.807) is 0 Å². The second-order valence-electron chi connectivity index (χ2n) is 5.48. The molecule has 2 N–H and O–H groups in total. The van der Waals surface area contributed by atoms with Crippen molar-refractivity contribution in [1.29, 1.82) is 0 Å². The first-order valence-corrected chi connectivity index (χ1v) is 7.02. The third kappa shape index (κ3) is 3.28. The smallest absolute Gasteiger partial charge is 0.327 e. The fourth-order valence-electron chi connectivity index (χ4n) is 2.52. The van der Waals surface area contributed by atoms with Crippen LogP contribution in [0, 0.1) is 5.92 Å². The van der Waals surface area contributed by atoms with Gasteiger partial charge in [0.15, 0.2) is 0 Å². The number of aromatic nitrogens is 1. The molecule has 0 unspecified atom stereocenters. The average molecular weight is 322 g/mol. The number of hydrogen-bond acceptors (Lipinski definition) is 2. The summed E-state index contributed by atoms with van der Waals surface area (Å²) in [5.41, 5.74) is -1.15. The van der Waals surface area contributed by atoms with Gasteiger partial charge in [0.25, 0.3) is 5.56 Å². The van der Waals surface area contributed by atoms with Crippen LogP contribution in [0.3, 0.4) is 0 Å². The molecule has 2 aromatic rings. The van der Waals surface area contributed by atoms with E-state index in [1.807, 2.05) is 35.3 Å². The van der Waals surface area contributed by atoms with E-state index in [4.69, 9.17) is 0 Å². The van der Waals surface area contributed by atoms with Crippen LogP contribution in [0.1, 0.15) is 23.5 Å². The monoisotopic (exact) mass is 322 g/mol. The number of aromatic amines is 1. The number of anilines is 1. The molecule has 0 saturated heterocycles. The zero-order valence-electron chi connectivity index (χ0n) is 11.9. The minimum atomic E-state index is -4.59. The SMILES string of the molecule is O=C(Nc1cc(C(F)(F)F)c[nH]c1=O)[C@H]1C[C@@H]1c1ccccc1. The topological polar surface area (TPSA) is 62.0 Å². The number of pyridine rings is 1. The highest BCUT2D eigenvalue weighted by Gasteiger charge is 2.44. The number of rotatable bonds is 3. The van der Waals surface area contributed by atoms with Gasteiger partial charge < -0.3 is 10.3 Å². The molecule has 23 heavy (non-hydrogen) atoms. The fourth-order valence-corrected chi connectivity index (χ4v) is 2.52. The number of nitrogens with one attached hydrogen (secondary N) is 2. The fraction of sp³-hybridized carbons (Fsp3) is 0.250. The van der Waals surface area contributed by atoms with E-state index in [2.05, 4.69) is 5.32 Å². The maximum absolute atomic E-state index is 12.7. The van der Waals surface area contributed by atoms with Crippen molar-refractivity contribution in [2.75, 3.05) is 5.32 Å². The Kier molecular flexibility index (Phi) is 3.71. The summed E-state index contributed by atoms with van der Waals surface area (Å²) >= 11 is 0. The highest BCUT2D eigenvalue weighted by atomic mass is 19.4. The molecule has 3 rings (SSSR count). The summed E-state index contributed by atoms with van der Waals surface area (Å²) in [6, 6.07) is 10.0. The van der Waals surface area contributed by atoms with E-state index in [0.29, 0.717) is 18.7 Å². The number of hydrogen-bond donors (Lipinski definition) is 2. The molecule has 1 heterocycles. The zero-order valence-corrected chi connectivity index (χ0v) is 11.9. The molecule has 1 aliphatic carbocycles. The van der Waals surface area contributed by atoms with E-state index < -0.39 is 23.2 Å². The van der Waals surface area contributed by atoms with Gasteiger partial charge in [-0.2, -0.15) is 13.2 Å². The molecule has 2 atom stereocenters.